The van der Waals surface area contributed by atoms with E-state index in [1.165, 1.54) is 0 Å². The first-order valence-electron chi connectivity index (χ1n) is 5.49. The van der Waals surface area contributed by atoms with Crippen LogP contribution in [0.3, 0.4) is 0 Å². The number of hydrogen-bond acceptors (Lipinski definition) is 4. The van der Waals surface area contributed by atoms with E-state index in [1.807, 2.05) is 31.2 Å². The monoisotopic (exact) mass is 233 g/mol. The van der Waals surface area contributed by atoms with Gasteiger partial charge in [-0.3, -0.25) is 0 Å². The summed E-state index contributed by atoms with van der Waals surface area (Å²) in [5.41, 5.74) is 2.42. The minimum absolute atomic E-state index is 0.0901. The summed E-state index contributed by atoms with van der Waals surface area (Å²) in [6.45, 7) is 1.92. The van der Waals surface area contributed by atoms with E-state index in [9.17, 15) is 5.11 Å². The first-order valence-corrected chi connectivity index (χ1v) is 5.49. The molecular formula is C12H15N3O2. The average molecular weight is 233 g/mol. The first-order chi connectivity index (χ1) is 8.30. The predicted molar refractivity (Wildman–Crippen MR) is 63.2 cm³/mol. The molecule has 0 bridgehead atoms. The molecule has 0 fully saturated rings. The van der Waals surface area contributed by atoms with Crippen molar-refractivity contribution in [3.63, 3.8) is 0 Å². The van der Waals surface area contributed by atoms with Gasteiger partial charge in [-0.25, -0.2) is 4.68 Å². The van der Waals surface area contributed by atoms with Gasteiger partial charge in [0.1, 0.15) is 11.4 Å². The van der Waals surface area contributed by atoms with Gasteiger partial charge in [0.05, 0.1) is 25.1 Å². The smallest absolute Gasteiger partial charge is 0.121 e. The zero-order chi connectivity index (χ0) is 12.3. The number of hydrogen-bond donors (Lipinski definition) is 1. The van der Waals surface area contributed by atoms with Crippen LogP contribution in [-0.4, -0.2) is 27.2 Å². The number of ether oxygens (including phenoxy) is 1. The Morgan fingerprint density at radius 3 is 2.88 bits per heavy atom. The van der Waals surface area contributed by atoms with Gasteiger partial charge in [-0.05, 0) is 18.6 Å². The summed E-state index contributed by atoms with van der Waals surface area (Å²) in [4.78, 5) is 0. The van der Waals surface area contributed by atoms with E-state index in [0.717, 1.165) is 23.6 Å². The molecule has 0 aliphatic rings. The molecule has 1 aromatic carbocycles. The highest BCUT2D eigenvalue weighted by atomic mass is 16.5. The lowest BCUT2D eigenvalue weighted by molar-refractivity contribution is 0.275. The van der Waals surface area contributed by atoms with Crippen LogP contribution in [-0.2, 0) is 13.0 Å². The molecule has 0 spiro atoms. The molecule has 5 nitrogen and oxygen atoms in total. The van der Waals surface area contributed by atoms with Crippen LogP contribution in [0.4, 0.5) is 0 Å². The second kappa shape index (κ2) is 4.97. The summed E-state index contributed by atoms with van der Waals surface area (Å²) < 4.78 is 6.90. The van der Waals surface area contributed by atoms with E-state index in [4.69, 9.17) is 4.74 Å². The van der Waals surface area contributed by atoms with Crippen molar-refractivity contribution in [2.75, 3.05) is 7.11 Å². The maximum atomic E-state index is 9.17. The van der Waals surface area contributed by atoms with Gasteiger partial charge in [0.15, 0.2) is 0 Å². The van der Waals surface area contributed by atoms with E-state index >= 15 is 0 Å². The molecule has 2 rings (SSSR count). The topological polar surface area (TPSA) is 60.2 Å². The fraction of sp³-hybridized carbons (Fsp3) is 0.333. The van der Waals surface area contributed by atoms with E-state index in [-0.39, 0.29) is 6.61 Å². The maximum Gasteiger partial charge on any atom is 0.121 e. The van der Waals surface area contributed by atoms with E-state index in [2.05, 4.69) is 10.3 Å². The molecule has 0 amide bonds. The molecule has 17 heavy (non-hydrogen) atoms. The van der Waals surface area contributed by atoms with Crippen molar-refractivity contribution < 1.29 is 9.84 Å². The summed E-state index contributed by atoms with van der Waals surface area (Å²) in [6, 6.07) is 7.58. The van der Waals surface area contributed by atoms with Crippen LogP contribution >= 0.6 is 0 Å². The molecule has 5 heteroatoms. The van der Waals surface area contributed by atoms with Crippen LogP contribution in [0.15, 0.2) is 24.3 Å². The Balaban J connectivity index is 2.48. The maximum absolute atomic E-state index is 9.17. The molecule has 0 saturated carbocycles. The number of aromatic nitrogens is 3. The fourth-order valence-electron chi connectivity index (χ4n) is 1.76. The number of aliphatic hydroxyl groups excluding tert-OH is 1. The SMILES string of the molecule is CCc1c(CO)nnn1-c1cccc(OC)c1. The van der Waals surface area contributed by atoms with Crippen molar-refractivity contribution in [1.29, 1.82) is 0 Å². The standard InChI is InChI=1S/C12H15N3O2/c1-3-12-11(8-16)13-14-15(12)9-5-4-6-10(7-9)17-2/h4-7,16H,3,8H2,1-2H3. The van der Waals surface area contributed by atoms with Crippen molar-refractivity contribution in [1.82, 2.24) is 15.0 Å². The minimum atomic E-state index is -0.0901. The second-order valence-electron chi connectivity index (χ2n) is 3.61. The van der Waals surface area contributed by atoms with Gasteiger partial charge >= 0.3 is 0 Å². The van der Waals surface area contributed by atoms with Crippen LogP contribution in [0.1, 0.15) is 18.3 Å². The van der Waals surface area contributed by atoms with Crippen LogP contribution in [0, 0.1) is 0 Å². The number of rotatable bonds is 4. The van der Waals surface area contributed by atoms with Gasteiger partial charge in [-0.1, -0.05) is 18.2 Å². The molecule has 90 valence electrons. The van der Waals surface area contributed by atoms with Gasteiger partial charge in [-0.2, -0.15) is 0 Å². The van der Waals surface area contributed by atoms with Crippen LogP contribution < -0.4 is 4.74 Å². The Morgan fingerprint density at radius 1 is 1.41 bits per heavy atom. The lowest BCUT2D eigenvalue weighted by Crippen LogP contribution is -2.03. The highest BCUT2D eigenvalue weighted by Crippen LogP contribution is 2.18. The zero-order valence-electron chi connectivity index (χ0n) is 9.92. The van der Waals surface area contributed by atoms with E-state index in [1.54, 1.807) is 11.8 Å². The van der Waals surface area contributed by atoms with Crippen molar-refractivity contribution in [3.8, 4) is 11.4 Å². The van der Waals surface area contributed by atoms with Crippen molar-refractivity contribution >= 4 is 0 Å². The minimum Gasteiger partial charge on any atom is -0.497 e. The van der Waals surface area contributed by atoms with Crippen LogP contribution in [0.2, 0.25) is 0 Å². The number of aliphatic hydroxyl groups is 1. The van der Waals surface area contributed by atoms with E-state index < -0.39 is 0 Å². The van der Waals surface area contributed by atoms with Crippen molar-refractivity contribution in [3.05, 3.63) is 35.7 Å². The fourth-order valence-corrected chi connectivity index (χ4v) is 1.76. The zero-order valence-corrected chi connectivity index (χ0v) is 9.92. The highest BCUT2D eigenvalue weighted by Gasteiger charge is 2.11. The van der Waals surface area contributed by atoms with Crippen molar-refractivity contribution in [2.24, 2.45) is 0 Å². The number of nitrogens with zero attached hydrogens (tertiary/aromatic N) is 3. The Kier molecular flexibility index (Phi) is 3.39. The largest absolute Gasteiger partial charge is 0.497 e. The van der Waals surface area contributed by atoms with Gasteiger partial charge in [0.2, 0.25) is 0 Å². The highest BCUT2D eigenvalue weighted by molar-refractivity contribution is 5.40. The molecule has 0 unspecified atom stereocenters. The molecule has 1 aromatic heterocycles. The summed E-state index contributed by atoms with van der Waals surface area (Å²) in [5.74, 6) is 0.769. The third-order valence-corrected chi connectivity index (χ3v) is 2.63. The Bertz CT molecular complexity index is 508. The third-order valence-electron chi connectivity index (χ3n) is 2.63. The van der Waals surface area contributed by atoms with Crippen LogP contribution in [0.25, 0.3) is 5.69 Å². The number of benzene rings is 1. The summed E-state index contributed by atoms with van der Waals surface area (Å²) in [7, 11) is 1.63. The quantitative estimate of drug-likeness (QED) is 0.865. The molecule has 0 aliphatic carbocycles. The second-order valence-corrected chi connectivity index (χ2v) is 3.61. The Morgan fingerprint density at radius 2 is 2.24 bits per heavy atom. The summed E-state index contributed by atoms with van der Waals surface area (Å²) in [5, 5.41) is 17.2. The molecule has 1 heterocycles. The Labute approximate surface area is 99.7 Å². The molecule has 0 aliphatic heterocycles. The molecule has 0 saturated heterocycles. The molecule has 0 atom stereocenters. The lowest BCUT2D eigenvalue weighted by Gasteiger charge is -2.07. The summed E-state index contributed by atoms with van der Waals surface area (Å²) >= 11 is 0. The lowest BCUT2D eigenvalue weighted by atomic mass is 10.2. The van der Waals surface area contributed by atoms with Crippen LogP contribution in [0.5, 0.6) is 5.75 Å². The molecule has 0 radical (unpaired) electrons. The van der Waals surface area contributed by atoms with Crippen molar-refractivity contribution in [2.45, 2.75) is 20.0 Å². The first kappa shape index (κ1) is 11.6. The molecular weight excluding hydrogens is 218 g/mol. The number of methoxy groups -OCH3 is 1. The predicted octanol–water partition coefficient (Wildman–Crippen LogP) is 1.33. The molecule has 2 aromatic rings. The Hall–Kier alpha value is -1.88. The van der Waals surface area contributed by atoms with E-state index in [0.29, 0.717) is 5.69 Å². The summed E-state index contributed by atoms with van der Waals surface area (Å²) in [6.07, 6.45) is 0.764. The van der Waals surface area contributed by atoms with Gasteiger partial charge in [-0.15, -0.1) is 5.10 Å². The third kappa shape index (κ3) is 2.14. The van der Waals surface area contributed by atoms with Gasteiger partial charge in [0.25, 0.3) is 0 Å². The van der Waals surface area contributed by atoms with Gasteiger partial charge < -0.3 is 9.84 Å². The average Bonchev–Trinajstić information content (AvgIpc) is 2.81. The normalized spacial score (nSPS) is 10.5. The van der Waals surface area contributed by atoms with Gasteiger partial charge in [0, 0.05) is 6.07 Å². The molecule has 1 N–H and O–H groups in total.